The number of fused-ring (bicyclic) bond motifs is 1. The summed E-state index contributed by atoms with van der Waals surface area (Å²) in [6.07, 6.45) is 0.796. The minimum Gasteiger partial charge on any atom is -0.455 e. The van der Waals surface area contributed by atoms with Crippen molar-refractivity contribution in [2.75, 3.05) is 17.7 Å². The molecule has 0 aliphatic rings. The second-order valence-electron chi connectivity index (χ2n) is 7.60. The van der Waals surface area contributed by atoms with Gasteiger partial charge in [-0.25, -0.2) is 4.98 Å². The van der Waals surface area contributed by atoms with Crippen LogP contribution in [0.15, 0.2) is 78.0 Å². The fraction of sp³-hybridized carbons (Fsp3) is 0.192. The largest absolute Gasteiger partial charge is 0.455 e. The van der Waals surface area contributed by atoms with Gasteiger partial charge in [-0.15, -0.1) is 0 Å². The van der Waals surface area contributed by atoms with Crippen LogP contribution in [-0.2, 0) is 27.3 Å². The van der Waals surface area contributed by atoms with Crippen molar-refractivity contribution in [3.63, 3.8) is 0 Å². The van der Waals surface area contributed by atoms with Gasteiger partial charge in [0.15, 0.2) is 11.8 Å². The van der Waals surface area contributed by atoms with Gasteiger partial charge in [-0.05, 0) is 47.9 Å². The highest BCUT2D eigenvalue weighted by Gasteiger charge is 2.15. The van der Waals surface area contributed by atoms with E-state index < -0.39 is 5.97 Å². The smallest absolute Gasteiger partial charge is 0.316 e. The Labute approximate surface area is 207 Å². The van der Waals surface area contributed by atoms with Crippen LogP contribution in [0, 0.1) is 0 Å². The average molecular weight is 494 g/mol. The van der Waals surface area contributed by atoms with E-state index in [0.29, 0.717) is 16.7 Å². The summed E-state index contributed by atoms with van der Waals surface area (Å²) in [6.45, 7) is 2.27. The minimum absolute atomic E-state index is 0.0444. The van der Waals surface area contributed by atoms with Crippen molar-refractivity contribution < 1.29 is 14.3 Å². The number of hydrogen-bond donors (Lipinski definition) is 1. The molecule has 0 fully saturated rings. The molecule has 0 saturated heterocycles. The molecule has 0 aliphatic carbocycles. The highest BCUT2D eigenvalue weighted by Crippen LogP contribution is 2.26. The van der Waals surface area contributed by atoms with Crippen molar-refractivity contribution in [2.45, 2.75) is 25.0 Å². The van der Waals surface area contributed by atoms with Gasteiger partial charge in [0.1, 0.15) is 0 Å². The summed E-state index contributed by atoms with van der Waals surface area (Å²) in [6, 6.07) is 23.0. The Hall–Kier alpha value is -3.29. The molecule has 0 atom stereocenters. The lowest BCUT2D eigenvalue weighted by Crippen LogP contribution is -2.22. The van der Waals surface area contributed by atoms with Gasteiger partial charge in [-0.1, -0.05) is 72.8 Å². The van der Waals surface area contributed by atoms with E-state index in [-0.39, 0.29) is 18.3 Å². The van der Waals surface area contributed by atoms with Crippen LogP contribution in [-0.4, -0.2) is 33.8 Å². The zero-order chi connectivity index (χ0) is 23.9. The third kappa shape index (κ3) is 5.98. The number of amides is 1. The molecule has 1 heterocycles. The number of aromatic nitrogens is 2. The van der Waals surface area contributed by atoms with E-state index in [1.807, 2.05) is 79.7 Å². The standard InChI is InChI=1S/C26H24ClN3O3S/c1-2-19-7-3-4-8-21(19)28-24(31)16-33-25(32)17-34-26-29-22-9-5-6-10-23(22)30(26)15-18-11-13-20(27)14-12-18/h3-14H,2,15-17H2,1H3,(H,28,31). The summed E-state index contributed by atoms with van der Waals surface area (Å²) in [5.41, 5.74) is 4.65. The van der Waals surface area contributed by atoms with Gasteiger partial charge in [0, 0.05) is 10.7 Å². The maximum atomic E-state index is 12.3. The molecule has 8 heteroatoms. The maximum Gasteiger partial charge on any atom is 0.316 e. The van der Waals surface area contributed by atoms with Gasteiger partial charge in [0.25, 0.3) is 5.91 Å². The number of para-hydroxylation sites is 3. The number of aryl methyl sites for hydroxylation is 1. The van der Waals surface area contributed by atoms with Crippen LogP contribution in [0.1, 0.15) is 18.1 Å². The fourth-order valence-corrected chi connectivity index (χ4v) is 4.47. The van der Waals surface area contributed by atoms with Crippen molar-refractivity contribution in [3.05, 3.63) is 88.9 Å². The molecule has 4 aromatic rings. The third-order valence-electron chi connectivity index (χ3n) is 5.23. The Kier molecular flexibility index (Phi) is 7.87. The predicted molar refractivity (Wildman–Crippen MR) is 136 cm³/mol. The highest BCUT2D eigenvalue weighted by molar-refractivity contribution is 7.99. The molecule has 6 nitrogen and oxygen atoms in total. The third-order valence-corrected chi connectivity index (χ3v) is 6.43. The van der Waals surface area contributed by atoms with Gasteiger partial charge in [-0.2, -0.15) is 0 Å². The van der Waals surface area contributed by atoms with Crippen molar-refractivity contribution >= 4 is 52.0 Å². The van der Waals surface area contributed by atoms with Crippen LogP contribution in [0.2, 0.25) is 5.02 Å². The molecule has 0 saturated carbocycles. The van der Waals surface area contributed by atoms with E-state index in [1.165, 1.54) is 11.8 Å². The number of carbonyl (C=O) groups is 2. The van der Waals surface area contributed by atoms with Gasteiger partial charge < -0.3 is 14.6 Å². The Morgan fingerprint density at radius 1 is 1.03 bits per heavy atom. The van der Waals surface area contributed by atoms with Crippen LogP contribution >= 0.6 is 23.4 Å². The summed E-state index contributed by atoms with van der Waals surface area (Å²) >= 11 is 7.30. The number of esters is 1. The minimum atomic E-state index is -0.478. The molecule has 0 unspecified atom stereocenters. The molecule has 0 radical (unpaired) electrons. The molecule has 0 aliphatic heterocycles. The molecule has 0 spiro atoms. The molecule has 0 bridgehead atoms. The van der Waals surface area contributed by atoms with Crippen LogP contribution in [0.4, 0.5) is 5.69 Å². The number of carbonyl (C=O) groups excluding carboxylic acids is 2. The average Bonchev–Trinajstić information content (AvgIpc) is 3.20. The lowest BCUT2D eigenvalue weighted by Gasteiger charge is -2.11. The number of thioether (sulfide) groups is 1. The summed E-state index contributed by atoms with van der Waals surface area (Å²) < 4.78 is 7.25. The Balaban J connectivity index is 1.37. The molecule has 4 rings (SSSR count). The first-order valence-corrected chi connectivity index (χ1v) is 12.3. The second kappa shape index (κ2) is 11.2. The number of hydrogen-bond acceptors (Lipinski definition) is 5. The number of ether oxygens (including phenoxy) is 1. The first kappa shape index (κ1) is 23.9. The topological polar surface area (TPSA) is 73.2 Å². The number of anilines is 1. The summed E-state index contributed by atoms with van der Waals surface area (Å²) in [5, 5.41) is 4.18. The normalized spacial score (nSPS) is 10.9. The fourth-order valence-electron chi connectivity index (χ4n) is 3.54. The molecule has 3 aromatic carbocycles. The molecular weight excluding hydrogens is 470 g/mol. The number of nitrogens with one attached hydrogen (secondary N) is 1. The van der Waals surface area contributed by atoms with E-state index in [2.05, 4.69) is 14.9 Å². The SMILES string of the molecule is CCc1ccccc1NC(=O)COC(=O)CSc1nc2ccccc2n1Cc1ccc(Cl)cc1. The number of imidazole rings is 1. The van der Waals surface area contributed by atoms with Crippen molar-refractivity contribution in [2.24, 2.45) is 0 Å². The van der Waals surface area contributed by atoms with Gasteiger partial charge >= 0.3 is 5.97 Å². The Morgan fingerprint density at radius 3 is 2.56 bits per heavy atom. The number of benzene rings is 3. The van der Waals surface area contributed by atoms with Crippen molar-refractivity contribution in [3.8, 4) is 0 Å². The molecule has 1 aromatic heterocycles. The molecule has 1 amide bonds. The molecule has 1 N–H and O–H groups in total. The summed E-state index contributed by atoms with van der Waals surface area (Å²) in [4.78, 5) is 29.3. The molecule has 34 heavy (non-hydrogen) atoms. The number of halogens is 1. The molecule has 174 valence electrons. The van der Waals surface area contributed by atoms with E-state index in [0.717, 1.165) is 34.3 Å². The van der Waals surface area contributed by atoms with Gasteiger partial charge in [-0.3, -0.25) is 9.59 Å². The first-order valence-electron chi connectivity index (χ1n) is 10.9. The Bertz CT molecular complexity index is 1300. The highest BCUT2D eigenvalue weighted by atomic mass is 35.5. The number of nitrogens with zero attached hydrogens (tertiary/aromatic N) is 2. The Morgan fingerprint density at radius 2 is 1.76 bits per heavy atom. The second-order valence-corrected chi connectivity index (χ2v) is 8.98. The number of rotatable bonds is 9. The van der Waals surface area contributed by atoms with Crippen LogP contribution in [0.25, 0.3) is 11.0 Å². The van der Waals surface area contributed by atoms with E-state index in [1.54, 1.807) is 0 Å². The van der Waals surface area contributed by atoms with Crippen LogP contribution in [0.5, 0.6) is 0 Å². The summed E-state index contributed by atoms with van der Waals surface area (Å²) in [5.74, 6) is -0.800. The summed E-state index contributed by atoms with van der Waals surface area (Å²) in [7, 11) is 0. The zero-order valence-corrected chi connectivity index (χ0v) is 20.2. The van der Waals surface area contributed by atoms with E-state index >= 15 is 0 Å². The van der Waals surface area contributed by atoms with E-state index in [9.17, 15) is 9.59 Å². The lowest BCUT2D eigenvalue weighted by atomic mass is 10.1. The van der Waals surface area contributed by atoms with Gasteiger partial charge in [0.05, 0.1) is 23.3 Å². The zero-order valence-electron chi connectivity index (χ0n) is 18.7. The van der Waals surface area contributed by atoms with Crippen molar-refractivity contribution in [1.82, 2.24) is 9.55 Å². The maximum absolute atomic E-state index is 12.3. The van der Waals surface area contributed by atoms with E-state index in [4.69, 9.17) is 16.3 Å². The lowest BCUT2D eigenvalue weighted by molar-refractivity contribution is -0.144. The first-order chi connectivity index (χ1) is 16.5. The van der Waals surface area contributed by atoms with Crippen molar-refractivity contribution in [1.29, 1.82) is 0 Å². The quantitative estimate of drug-likeness (QED) is 0.243. The van der Waals surface area contributed by atoms with Crippen LogP contribution < -0.4 is 5.32 Å². The monoisotopic (exact) mass is 493 g/mol. The predicted octanol–water partition coefficient (Wildman–Crippen LogP) is 5.57. The van der Waals surface area contributed by atoms with Gasteiger partial charge in [0.2, 0.25) is 0 Å². The molecular formula is C26H24ClN3O3S. The van der Waals surface area contributed by atoms with Crippen LogP contribution in [0.3, 0.4) is 0 Å².